The van der Waals surface area contributed by atoms with Gasteiger partial charge >= 0.3 is 0 Å². The fourth-order valence-electron chi connectivity index (χ4n) is 5.10. The van der Waals surface area contributed by atoms with Crippen molar-refractivity contribution in [1.82, 2.24) is 9.88 Å². The van der Waals surface area contributed by atoms with Crippen molar-refractivity contribution in [1.29, 1.82) is 5.26 Å². The van der Waals surface area contributed by atoms with E-state index < -0.39 is 0 Å². The number of rotatable bonds is 12. The maximum atomic E-state index is 12.8. The molecule has 0 fully saturated rings. The van der Waals surface area contributed by atoms with E-state index in [1.807, 2.05) is 50.2 Å². The van der Waals surface area contributed by atoms with Gasteiger partial charge in [0.15, 0.2) is 5.75 Å². The lowest BCUT2D eigenvalue weighted by Gasteiger charge is -2.33. The number of halogens is 1. The van der Waals surface area contributed by atoms with Crippen LogP contribution >= 0.6 is 11.6 Å². The van der Waals surface area contributed by atoms with Crippen LogP contribution in [0.3, 0.4) is 0 Å². The van der Waals surface area contributed by atoms with Gasteiger partial charge in [-0.3, -0.25) is 4.79 Å². The van der Waals surface area contributed by atoms with Gasteiger partial charge in [0, 0.05) is 47.7 Å². The standard InChI is InChI=1S/C32H37ClN6O5/c1-4-41-28-15-25-23(14-26(28)38-30(40)6-5-9-39(2)3)31(21(16-34)18-35-25)37-22-7-8-27(24(33)13-22)44-19-20-12-29-32(36-17-20)43-11-10-42-29/h7-8,12-15,17,21,31,35,37H,4-6,9-11,18-19H2,1-3H3,(H,38,40). The first-order valence-electron chi connectivity index (χ1n) is 14.7. The fraction of sp³-hybridized carbons (Fsp3) is 0.406. The SMILES string of the molecule is CCOc1cc2c(cc1NC(=O)CCCN(C)C)C(Nc1ccc(OCc3cnc4c(c3)OCCO4)c(Cl)c1)C(C#N)CN2. The number of anilines is 3. The molecule has 1 aromatic heterocycles. The number of pyridine rings is 1. The number of carbonyl (C=O) groups excluding carboxylic acids is 1. The summed E-state index contributed by atoms with van der Waals surface area (Å²) >= 11 is 6.63. The maximum absolute atomic E-state index is 12.8. The first-order valence-corrected chi connectivity index (χ1v) is 15.0. The van der Waals surface area contributed by atoms with Crippen LogP contribution in [0.2, 0.25) is 5.02 Å². The molecule has 3 heterocycles. The third-order valence-electron chi connectivity index (χ3n) is 7.25. The molecule has 0 aliphatic carbocycles. The predicted octanol–water partition coefficient (Wildman–Crippen LogP) is 5.48. The van der Waals surface area contributed by atoms with Crippen molar-refractivity contribution in [3.63, 3.8) is 0 Å². The molecule has 2 aliphatic heterocycles. The zero-order valence-electron chi connectivity index (χ0n) is 25.1. The van der Waals surface area contributed by atoms with Gasteiger partial charge in [-0.05, 0) is 64.3 Å². The van der Waals surface area contributed by atoms with Crippen LogP contribution < -0.4 is 34.9 Å². The molecule has 44 heavy (non-hydrogen) atoms. The van der Waals surface area contributed by atoms with Crippen LogP contribution in [-0.4, -0.2) is 62.8 Å². The number of benzene rings is 2. The van der Waals surface area contributed by atoms with E-state index in [9.17, 15) is 10.1 Å². The zero-order chi connectivity index (χ0) is 31.1. The van der Waals surface area contributed by atoms with Gasteiger partial charge in [-0.15, -0.1) is 0 Å². The molecule has 3 aromatic rings. The van der Waals surface area contributed by atoms with Crippen molar-refractivity contribution in [3.8, 4) is 29.2 Å². The number of nitrogens with zero attached hydrogens (tertiary/aromatic N) is 3. The molecule has 0 radical (unpaired) electrons. The van der Waals surface area contributed by atoms with E-state index in [0.717, 1.165) is 35.5 Å². The van der Waals surface area contributed by atoms with Gasteiger partial charge in [0.25, 0.3) is 5.88 Å². The second-order valence-electron chi connectivity index (χ2n) is 10.8. The molecule has 2 atom stereocenters. The number of nitriles is 1. The van der Waals surface area contributed by atoms with Crippen molar-refractivity contribution in [2.75, 3.05) is 63.0 Å². The number of hydrogen-bond donors (Lipinski definition) is 3. The lowest BCUT2D eigenvalue weighted by atomic mass is 9.88. The number of fused-ring (bicyclic) bond motifs is 2. The summed E-state index contributed by atoms with van der Waals surface area (Å²) < 4.78 is 22.9. The molecule has 2 aromatic carbocycles. The number of aromatic nitrogens is 1. The zero-order valence-corrected chi connectivity index (χ0v) is 25.9. The summed E-state index contributed by atoms with van der Waals surface area (Å²) in [4.78, 5) is 19.1. The van der Waals surface area contributed by atoms with Gasteiger partial charge in [0.2, 0.25) is 5.91 Å². The monoisotopic (exact) mass is 620 g/mol. The largest absolute Gasteiger partial charge is 0.492 e. The van der Waals surface area contributed by atoms with E-state index in [4.69, 9.17) is 30.5 Å². The Balaban J connectivity index is 1.32. The molecule has 3 N–H and O–H groups in total. The minimum atomic E-state index is -0.388. The molecule has 1 amide bonds. The summed E-state index contributed by atoms with van der Waals surface area (Å²) in [6, 6.07) is 13.1. The van der Waals surface area contributed by atoms with E-state index in [0.29, 0.717) is 66.6 Å². The highest BCUT2D eigenvalue weighted by Crippen LogP contribution is 2.42. The van der Waals surface area contributed by atoms with Crippen molar-refractivity contribution in [2.45, 2.75) is 32.4 Å². The van der Waals surface area contributed by atoms with Crippen LogP contribution in [0.15, 0.2) is 42.6 Å². The normalized spacial score (nSPS) is 16.7. The molecule has 0 saturated carbocycles. The maximum Gasteiger partial charge on any atom is 0.257 e. The van der Waals surface area contributed by atoms with Crippen LogP contribution in [0.5, 0.6) is 23.1 Å². The summed E-state index contributed by atoms with van der Waals surface area (Å²) in [6.45, 7) is 4.82. The highest BCUT2D eigenvalue weighted by Gasteiger charge is 2.31. The van der Waals surface area contributed by atoms with Gasteiger partial charge in [0.1, 0.15) is 31.3 Å². The van der Waals surface area contributed by atoms with E-state index >= 15 is 0 Å². The van der Waals surface area contributed by atoms with Crippen LogP contribution in [0.1, 0.15) is 36.9 Å². The first kappa shape index (κ1) is 31.0. The second kappa shape index (κ2) is 14.4. The third kappa shape index (κ3) is 7.56. The third-order valence-corrected chi connectivity index (χ3v) is 7.55. The summed E-state index contributed by atoms with van der Waals surface area (Å²) in [7, 11) is 3.96. The molecular formula is C32H37ClN6O5. The van der Waals surface area contributed by atoms with Crippen LogP contribution in [0, 0.1) is 17.2 Å². The second-order valence-corrected chi connectivity index (χ2v) is 11.2. The Morgan fingerprint density at radius 1 is 1.18 bits per heavy atom. The summed E-state index contributed by atoms with van der Waals surface area (Å²) in [5.41, 5.74) is 3.80. The van der Waals surface area contributed by atoms with Crippen LogP contribution in [-0.2, 0) is 11.4 Å². The molecule has 12 heteroatoms. The van der Waals surface area contributed by atoms with E-state index in [2.05, 4.69) is 27.0 Å². The van der Waals surface area contributed by atoms with Crippen LogP contribution in [0.4, 0.5) is 17.1 Å². The number of amides is 1. The Kier molecular flexibility index (Phi) is 10.1. The molecule has 232 valence electrons. The Bertz CT molecular complexity index is 1530. The quantitative estimate of drug-likeness (QED) is 0.239. The Morgan fingerprint density at radius 2 is 2.02 bits per heavy atom. The molecule has 0 spiro atoms. The Morgan fingerprint density at radius 3 is 2.80 bits per heavy atom. The lowest BCUT2D eigenvalue weighted by Crippen LogP contribution is -2.31. The molecule has 5 rings (SSSR count). The molecule has 2 aliphatic rings. The summed E-state index contributed by atoms with van der Waals surface area (Å²) in [6.07, 6.45) is 2.81. The van der Waals surface area contributed by atoms with Gasteiger partial charge < -0.3 is 39.8 Å². The number of hydrogen-bond acceptors (Lipinski definition) is 10. The lowest BCUT2D eigenvalue weighted by molar-refractivity contribution is -0.116. The average molecular weight is 621 g/mol. The van der Waals surface area contributed by atoms with Crippen molar-refractivity contribution in [2.24, 2.45) is 5.92 Å². The van der Waals surface area contributed by atoms with Gasteiger partial charge in [0.05, 0.1) is 35.3 Å². The molecule has 2 unspecified atom stereocenters. The highest BCUT2D eigenvalue weighted by atomic mass is 35.5. The highest BCUT2D eigenvalue weighted by molar-refractivity contribution is 6.32. The fourth-order valence-corrected chi connectivity index (χ4v) is 5.34. The number of nitrogens with one attached hydrogen (secondary N) is 3. The minimum Gasteiger partial charge on any atom is -0.492 e. The van der Waals surface area contributed by atoms with Gasteiger partial charge in [-0.1, -0.05) is 11.6 Å². The molecule has 0 bridgehead atoms. The van der Waals surface area contributed by atoms with Gasteiger partial charge in [-0.25, -0.2) is 4.98 Å². The van der Waals surface area contributed by atoms with Crippen LogP contribution in [0.25, 0.3) is 0 Å². The molecule has 0 saturated heterocycles. The number of ether oxygens (including phenoxy) is 4. The smallest absolute Gasteiger partial charge is 0.257 e. The van der Waals surface area contributed by atoms with E-state index in [1.54, 1.807) is 18.3 Å². The van der Waals surface area contributed by atoms with Crippen molar-refractivity contribution >= 4 is 34.6 Å². The minimum absolute atomic E-state index is 0.0905. The Labute approximate surface area is 262 Å². The van der Waals surface area contributed by atoms with Crippen molar-refractivity contribution in [3.05, 3.63) is 58.7 Å². The molecular weight excluding hydrogens is 584 g/mol. The van der Waals surface area contributed by atoms with Crippen molar-refractivity contribution < 1.29 is 23.7 Å². The first-order chi connectivity index (χ1) is 21.3. The van der Waals surface area contributed by atoms with E-state index in [-0.39, 0.29) is 24.5 Å². The Hall–Kier alpha value is -4.40. The average Bonchev–Trinajstić information content (AvgIpc) is 3.01. The predicted molar refractivity (Wildman–Crippen MR) is 169 cm³/mol. The summed E-state index contributed by atoms with van der Waals surface area (Å²) in [5.74, 6) is 1.68. The van der Waals surface area contributed by atoms with Gasteiger partial charge in [-0.2, -0.15) is 5.26 Å². The topological polar surface area (TPSA) is 130 Å². The molecule has 11 nitrogen and oxygen atoms in total. The van der Waals surface area contributed by atoms with E-state index in [1.165, 1.54) is 0 Å². The summed E-state index contributed by atoms with van der Waals surface area (Å²) in [5, 5.41) is 20.3. The number of carbonyl (C=O) groups is 1.